The second kappa shape index (κ2) is 10.4. The zero-order chi connectivity index (χ0) is 22.3. The Kier molecular flexibility index (Phi) is 7.15. The molecular weight excluding hydrogens is 396 g/mol. The summed E-state index contributed by atoms with van der Waals surface area (Å²) in [7, 11) is 0. The highest BCUT2D eigenvalue weighted by Crippen LogP contribution is 2.25. The van der Waals surface area contributed by atoms with Crippen LogP contribution in [0.4, 0.5) is 5.82 Å². The Morgan fingerprint density at radius 1 is 1.06 bits per heavy atom. The van der Waals surface area contributed by atoms with Crippen molar-refractivity contribution >= 4 is 11.7 Å². The first kappa shape index (κ1) is 22.0. The summed E-state index contributed by atoms with van der Waals surface area (Å²) >= 11 is 0. The largest absolute Gasteiger partial charge is 0.356 e. The van der Waals surface area contributed by atoms with Crippen LogP contribution in [0.3, 0.4) is 0 Å². The maximum atomic E-state index is 12.8. The number of piperidine rings is 1. The molecule has 2 aromatic carbocycles. The quantitative estimate of drug-likeness (QED) is 0.587. The number of anilines is 1. The lowest BCUT2D eigenvalue weighted by atomic mass is 9.95. The van der Waals surface area contributed by atoms with E-state index in [1.165, 1.54) is 11.1 Å². The molecule has 1 atom stereocenters. The number of carbonyl (C=O) groups is 1. The first-order valence-corrected chi connectivity index (χ1v) is 11.6. The van der Waals surface area contributed by atoms with E-state index in [1.54, 1.807) is 6.33 Å². The third-order valence-electron chi connectivity index (χ3n) is 6.25. The van der Waals surface area contributed by atoms with Crippen molar-refractivity contribution in [2.45, 2.75) is 45.6 Å². The third kappa shape index (κ3) is 5.72. The van der Waals surface area contributed by atoms with Crippen molar-refractivity contribution in [1.82, 2.24) is 15.3 Å². The van der Waals surface area contributed by atoms with Crippen molar-refractivity contribution in [3.05, 3.63) is 78.1 Å². The van der Waals surface area contributed by atoms with Crippen LogP contribution in [0.2, 0.25) is 0 Å². The van der Waals surface area contributed by atoms with E-state index in [1.807, 2.05) is 6.07 Å². The van der Waals surface area contributed by atoms with Gasteiger partial charge in [-0.05, 0) is 51.2 Å². The molecule has 0 bridgehead atoms. The zero-order valence-electron chi connectivity index (χ0n) is 19.0. The average Bonchev–Trinajstić information content (AvgIpc) is 2.83. The third-order valence-corrected chi connectivity index (χ3v) is 6.25. The van der Waals surface area contributed by atoms with Crippen LogP contribution in [0.1, 0.15) is 37.3 Å². The maximum absolute atomic E-state index is 12.8. The van der Waals surface area contributed by atoms with Crippen LogP contribution < -0.4 is 10.2 Å². The molecule has 5 nitrogen and oxygen atoms in total. The standard InChI is InChI=1S/C27H32N4O/c1-20-7-6-10-24(17-20)25-18-26(29-19-28-25)31-15-13-23(14-16-31)27(32)30-21(2)11-12-22-8-4-3-5-9-22/h3-10,17-19,21,23H,11-16H2,1-2H3,(H,30,32)/t21-/m0/s1. The van der Waals surface area contributed by atoms with Gasteiger partial charge in [0.2, 0.25) is 5.91 Å². The van der Waals surface area contributed by atoms with Crippen LogP contribution in [0.15, 0.2) is 67.0 Å². The molecule has 32 heavy (non-hydrogen) atoms. The molecule has 0 radical (unpaired) electrons. The summed E-state index contributed by atoms with van der Waals surface area (Å²) in [6.07, 6.45) is 5.28. The van der Waals surface area contributed by atoms with Crippen LogP contribution in [0.25, 0.3) is 11.3 Å². The van der Waals surface area contributed by atoms with Gasteiger partial charge >= 0.3 is 0 Å². The number of nitrogens with zero attached hydrogens (tertiary/aromatic N) is 3. The van der Waals surface area contributed by atoms with Gasteiger partial charge in [0, 0.05) is 36.7 Å². The first-order chi connectivity index (χ1) is 15.6. The second-order valence-electron chi connectivity index (χ2n) is 8.83. The molecule has 2 heterocycles. The molecule has 1 N–H and O–H groups in total. The number of benzene rings is 2. The van der Waals surface area contributed by atoms with Gasteiger partial charge in [0.1, 0.15) is 12.1 Å². The maximum Gasteiger partial charge on any atom is 0.223 e. The van der Waals surface area contributed by atoms with Gasteiger partial charge in [-0.1, -0.05) is 54.1 Å². The monoisotopic (exact) mass is 428 g/mol. The molecule has 1 aromatic heterocycles. The van der Waals surface area contributed by atoms with Crippen LogP contribution in [0, 0.1) is 12.8 Å². The number of aryl methyl sites for hydroxylation is 2. The van der Waals surface area contributed by atoms with Crippen LogP contribution in [-0.2, 0) is 11.2 Å². The Balaban J connectivity index is 1.28. The highest BCUT2D eigenvalue weighted by atomic mass is 16.1. The van der Waals surface area contributed by atoms with E-state index < -0.39 is 0 Å². The number of hydrogen-bond acceptors (Lipinski definition) is 4. The summed E-state index contributed by atoms with van der Waals surface area (Å²) in [5, 5.41) is 3.23. The van der Waals surface area contributed by atoms with Crippen LogP contribution >= 0.6 is 0 Å². The highest BCUT2D eigenvalue weighted by molar-refractivity contribution is 5.79. The Morgan fingerprint density at radius 3 is 2.59 bits per heavy atom. The lowest BCUT2D eigenvalue weighted by Gasteiger charge is -2.32. The predicted molar refractivity (Wildman–Crippen MR) is 130 cm³/mol. The van der Waals surface area contributed by atoms with E-state index in [0.29, 0.717) is 0 Å². The summed E-state index contributed by atoms with van der Waals surface area (Å²) in [5.74, 6) is 1.20. The predicted octanol–water partition coefficient (Wildman–Crippen LogP) is 4.81. The smallest absolute Gasteiger partial charge is 0.223 e. The number of rotatable bonds is 7. The van der Waals surface area contributed by atoms with Gasteiger partial charge in [0.05, 0.1) is 5.69 Å². The molecule has 0 spiro atoms. The molecule has 0 aliphatic carbocycles. The SMILES string of the molecule is Cc1cccc(-c2cc(N3CCC(C(=O)N[C@@H](C)CCc4ccccc4)CC3)ncn2)c1. The summed E-state index contributed by atoms with van der Waals surface area (Å²) in [6.45, 7) is 5.86. The summed E-state index contributed by atoms with van der Waals surface area (Å²) in [4.78, 5) is 24.0. The Morgan fingerprint density at radius 2 is 1.84 bits per heavy atom. The fourth-order valence-corrected chi connectivity index (χ4v) is 4.31. The normalized spacial score (nSPS) is 15.4. The Labute approximate surface area is 190 Å². The van der Waals surface area contributed by atoms with E-state index in [4.69, 9.17) is 0 Å². The lowest BCUT2D eigenvalue weighted by molar-refractivity contribution is -0.126. The van der Waals surface area contributed by atoms with Gasteiger partial charge < -0.3 is 10.2 Å². The zero-order valence-corrected chi connectivity index (χ0v) is 19.0. The Hall–Kier alpha value is -3.21. The molecule has 0 saturated carbocycles. The van der Waals surface area contributed by atoms with Gasteiger partial charge in [0.15, 0.2) is 0 Å². The molecule has 5 heteroatoms. The summed E-state index contributed by atoms with van der Waals surface area (Å²) in [5.41, 5.74) is 4.57. The highest BCUT2D eigenvalue weighted by Gasteiger charge is 2.26. The summed E-state index contributed by atoms with van der Waals surface area (Å²) < 4.78 is 0. The molecule has 1 amide bonds. The minimum atomic E-state index is 0.0727. The molecule has 0 unspecified atom stereocenters. The average molecular weight is 429 g/mol. The Bertz CT molecular complexity index is 1030. The topological polar surface area (TPSA) is 58.1 Å². The van der Waals surface area contributed by atoms with Crippen LogP contribution in [0.5, 0.6) is 0 Å². The number of nitrogens with one attached hydrogen (secondary N) is 1. The van der Waals surface area contributed by atoms with E-state index in [9.17, 15) is 4.79 Å². The van der Waals surface area contributed by atoms with Crippen molar-refractivity contribution in [3.63, 3.8) is 0 Å². The molecular formula is C27H32N4O. The molecule has 1 saturated heterocycles. The van der Waals surface area contributed by atoms with E-state index in [0.717, 1.165) is 55.8 Å². The molecule has 166 valence electrons. The van der Waals surface area contributed by atoms with Gasteiger partial charge in [-0.15, -0.1) is 0 Å². The van der Waals surface area contributed by atoms with Crippen molar-refractivity contribution in [3.8, 4) is 11.3 Å². The molecule has 1 aliphatic rings. The lowest BCUT2D eigenvalue weighted by Crippen LogP contribution is -2.43. The fraction of sp³-hybridized carbons (Fsp3) is 0.370. The molecule has 4 rings (SSSR count). The molecule has 3 aromatic rings. The van der Waals surface area contributed by atoms with E-state index >= 15 is 0 Å². The van der Waals surface area contributed by atoms with Crippen molar-refractivity contribution in [1.29, 1.82) is 0 Å². The van der Waals surface area contributed by atoms with E-state index in [-0.39, 0.29) is 17.9 Å². The van der Waals surface area contributed by atoms with Crippen molar-refractivity contribution in [2.24, 2.45) is 5.92 Å². The number of amides is 1. The van der Waals surface area contributed by atoms with Gasteiger partial charge in [-0.3, -0.25) is 4.79 Å². The first-order valence-electron chi connectivity index (χ1n) is 11.6. The number of carbonyl (C=O) groups excluding carboxylic acids is 1. The van der Waals surface area contributed by atoms with E-state index in [2.05, 4.69) is 88.6 Å². The van der Waals surface area contributed by atoms with Gasteiger partial charge in [0.25, 0.3) is 0 Å². The summed E-state index contributed by atoms with van der Waals surface area (Å²) in [6, 6.07) is 21.0. The van der Waals surface area contributed by atoms with Gasteiger partial charge in [-0.2, -0.15) is 0 Å². The van der Waals surface area contributed by atoms with Crippen LogP contribution in [-0.4, -0.2) is 35.0 Å². The fourth-order valence-electron chi connectivity index (χ4n) is 4.31. The van der Waals surface area contributed by atoms with Gasteiger partial charge in [-0.25, -0.2) is 9.97 Å². The minimum Gasteiger partial charge on any atom is -0.356 e. The number of aromatic nitrogens is 2. The number of hydrogen-bond donors (Lipinski definition) is 1. The molecule has 1 fully saturated rings. The molecule has 1 aliphatic heterocycles. The van der Waals surface area contributed by atoms with Crippen molar-refractivity contribution in [2.75, 3.05) is 18.0 Å². The van der Waals surface area contributed by atoms with Crippen molar-refractivity contribution < 1.29 is 4.79 Å². The minimum absolute atomic E-state index is 0.0727. The second-order valence-corrected chi connectivity index (χ2v) is 8.83.